The van der Waals surface area contributed by atoms with E-state index in [1.54, 1.807) is 0 Å². The molecule has 4 heteroatoms. The van der Waals surface area contributed by atoms with Crippen LogP contribution < -0.4 is 0 Å². The van der Waals surface area contributed by atoms with Gasteiger partial charge >= 0.3 is 0 Å². The maximum Gasteiger partial charge on any atom is 0.125 e. The molecule has 1 unspecified atom stereocenters. The normalized spacial score (nSPS) is 25.9. The van der Waals surface area contributed by atoms with E-state index in [-0.39, 0.29) is 0 Å². The van der Waals surface area contributed by atoms with Crippen molar-refractivity contribution in [2.45, 2.75) is 20.0 Å². The highest BCUT2D eigenvalue weighted by molar-refractivity contribution is 14.1. The second kappa shape index (κ2) is 2.72. The van der Waals surface area contributed by atoms with Gasteiger partial charge < -0.3 is 0 Å². The van der Waals surface area contributed by atoms with Gasteiger partial charge in [0.2, 0.25) is 0 Å². The van der Waals surface area contributed by atoms with Crippen molar-refractivity contribution < 1.29 is 0 Å². The second-order valence-electron chi connectivity index (χ2n) is 1.96. The van der Waals surface area contributed by atoms with Crippen LogP contribution in [-0.4, -0.2) is 27.2 Å². The Bertz CT molecular complexity index is 125. The molecule has 0 spiro atoms. The molecule has 0 saturated heterocycles. The first-order valence-corrected chi connectivity index (χ1v) is 3.97. The van der Waals surface area contributed by atoms with Gasteiger partial charge in [-0.05, 0) is 13.8 Å². The zero-order valence-corrected chi connectivity index (χ0v) is 7.74. The number of halogens is 1. The van der Waals surface area contributed by atoms with Crippen LogP contribution in [0.3, 0.4) is 0 Å². The van der Waals surface area contributed by atoms with Crippen molar-refractivity contribution in [2.75, 3.05) is 6.54 Å². The molecule has 0 aromatic carbocycles. The third kappa shape index (κ3) is 1.28. The maximum atomic E-state index is 4.14. The molecule has 0 aromatic heterocycles. The smallest absolute Gasteiger partial charge is 0.125 e. The molecule has 0 bridgehead atoms. The van der Waals surface area contributed by atoms with Crippen molar-refractivity contribution in [3.63, 3.8) is 0 Å². The highest BCUT2D eigenvalue weighted by Crippen LogP contribution is 2.14. The Morgan fingerprint density at radius 3 is 2.67 bits per heavy atom. The van der Waals surface area contributed by atoms with Gasteiger partial charge in [-0.3, -0.25) is 8.12 Å². The van der Waals surface area contributed by atoms with Crippen LogP contribution in [0.15, 0.2) is 5.10 Å². The molecule has 0 radical (unpaired) electrons. The Morgan fingerprint density at radius 2 is 2.44 bits per heavy atom. The van der Waals surface area contributed by atoms with Gasteiger partial charge in [-0.1, -0.05) is 0 Å². The molecule has 0 fully saturated rings. The molecule has 1 heterocycles. The summed E-state index contributed by atoms with van der Waals surface area (Å²) in [6.45, 7) is 5.21. The van der Waals surface area contributed by atoms with Gasteiger partial charge in [0.15, 0.2) is 0 Å². The summed E-state index contributed by atoms with van der Waals surface area (Å²) in [5.41, 5.74) is 0. The Labute approximate surface area is 69.2 Å². The molecular weight excluding hydrogens is 229 g/mol. The molecule has 1 aliphatic heterocycles. The largest absolute Gasteiger partial charge is 0.281 e. The third-order valence-electron chi connectivity index (χ3n) is 1.42. The fraction of sp³-hybridized carbons (Fsp3) is 0.800. The van der Waals surface area contributed by atoms with Crippen LogP contribution in [0.4, 0.5) is 0 Å². The van der Waals surface area contributed by atoms with Crippen molar-refractivity contribution in [1.29, 1.82) is 0 Å². The minimum atomic E-state index is 0.426. The average molecular weight is 239 g/mol. The van der Waals surface area contributed by atoms with Gasteiger partial charge in [0.05, 0.1) is 22.9 Å². The maximum absolute atomic E-state index is 4.14. The fourth-order valence-corrected chi connectivity index (χ4v) is 1.18. The van der Waals surface area contributed by atoms with E-state index in [4.69, 9.17) is 0 Å². The van der Waals surface area contributed by atoms with E-state index in [2.05, 4.69) is 44.9 Å². The minimum absolute atomic E-state index is 0.426. The lowest BCUT2D eigenvalue weighted by atomic mass is 10.5. The van der Waals surface area contributed by atoms with Gasteiger partial charge in [0.1, 0.15) is 12.5 Å². The van der Waals surface area contributed by atoms with Crippen LogP contribution in [0.1, 0.15) is 13.8 Å². The Balaban J connectivity index is 2.51. The highest BCUT2D eigenvalue weighted by Gasteiger charge is 2.18. The number of nitrogens with zero attached hydrogens (tertiary/aromatic N) is 3. The van der Waals surface area contributed by atoms with E-state index in [1.807, 2.05) is 11.3 Å². The van der Waals surface area contributed by atoms with E-state index in [1.165, 1.54) is 0 Å². The topological polar surface area (TPSA) is 18.8 Å². The monoisotopic (exact) mass is 239 g/mol. The molecule has 9 heavy (non-hydrogen) atoms. The Kier molecular flexibility index (Phi) is 2.15. The van der Waals surface area contributed by atoms with Crippen LogP contribution in [0, 0.1) is 0 Å². The van der Waals surface area contributed by atoms with Crippen molar-refractivity contribution in [2.24, 2.45) is 5.10 Å². The van der Waals surface area contributed by atoms with E-state index >= 15 is 0 Å². The summed E-state index contributed by atoms with van der Waals surface area (Å²) in [5, 5.41) is 6.18. The van der Waals surface area contributed by atoms with Gasteiger partial charge in [-0.25, -0.2) is 0 Å². The molecule has 0 aliphatic carbocycles. The summed E-state index contributed by atoms with van der Waals surface area (Å²) in [7, 11) is 0. The van der Waals surface area contributed by atoms with Crippen molar-refractivity contribution in [1.82, 2.24) is 8.12 Å². The summed E-state index contributed by atoms with van der Waals surface area (Å²) in [5.74, 6) is 0. The van der Waals surface area contributed by atoms with Crippen molar-refractivity contribution >= 4 is 29.2 Å². The number of hydrogen-bond donors (Lipinski definition) is 0. The molecule has 52 valence electrons. The molecule has 3 nitrogen and oxygen atoms in total. The predicted molar refractivity (Wildman–Crippen MR) is 46.2 cm³/mol. The first-order valence-electron chi connectivity index (χ1n) is 3.00. The summed E-state index contributed by atoms with van der Waals surface area (Å²) in [4.78, 5) is 0. The van der Waals surface area contributed by atoms with Gasteiger partial charge in [-0.2, -0.15) is 5.10 Å². The average Bonchev–Trinajstić information content (AvgIpc) is 2.15. The van der Waals surface area contributed by atoms with Gasteiger partial charge in [-0.15, -0.1) is 0 Å². The lowest BCUT2D eigenvalue weighted by molar-refractivity contribution is 0.214. The van der Waals surface area contributed by atoms with Crippen LogP contribution in [0.2, 0.25) is 0 Å². The van der Waals surface area contributed by atoms with E-state index in [0.717, 1.165) is 6.54 Å². The van der Waals surface area contributed by atoms with Crippen LogP contribution in [0.25, 0.3) is 0 Å². The summed E-state index contributed by atoms with van der Waals surface area (Å²) in [6.07, 6.45) is 2.27. The van der Waals surface area contributed by atoms with Crippen LogP contribution >= 0.6 is 22.9 Å². The van der Waals surface area contributed by atoms with Crippen LogP contribution in [-0.2, 0) is 0 Å². The minimum Gasteiger partial charge on any atom is -0.281 e. The van der Waals surface area contributed by atoms with Crippen molar-refractivity contribution in [3.05, 3.63) is 0 Å². The second-order valence-corrected chi connectivity index (χ2v) is 3.08. The number of hydrogen-bond acceptors (Lipinski definition) is 3. The molecule has 1 rings (SSSR count). The van der Waals surface area contributed by atoms with Gasteiger partial charge in [0, 0.05) is 6.54 Å². The summed E-state index contributed by atoms with van der Waals surface area (Å²) in [6, 6.07) is 0. The standard InChI is InChI=1S/C5H10IN3/c1-3-9-5(2)8(6)4-7-9/h4-5H,3H2,1-2H3. The Morgan fingerprint density at radius 1 is 1.78 bits per heavy atom. The first kappa shape index (κ1) is 7.11. The van der Waals surface area contributed by atoms with E-state index in [0.29, 0.717) is 6.17 Å². The quantitative estimate of drug-likeness (QED) is 0.506. The summed E-state index contributed by atoms with van der Waals surface area (Å²) >= 11 is 2.24. The fourth-order valence-electron chi connectivity index (χ4n) is 0.782. The van der Waals surface area contributed by atoms with Crippen molar-refractivity contribution in [3.8, 4) is 0 Å². The summed E-state index contributed by atoms with van der Waals surface area (Å²) < 4.78 is 2.06. The molecule has 0 amide bonds. The Hall–Kier alpha value is 0. The molecule has 0 saturated carbocycles. The predicted octanol–water partition coefficient (Wildman–Crippen LogP) is 1.26. The molecule has 0 aromatic rings. The molecular formula is C5H10IN3. The lowest BCUT2D eigenvalue weighted by Crippen LogP contribution is -2.30. The van der Waals surface area contributed by atoms with Crippen LogP contribution in [0.5, 0.6) is 0 Å². The molecule has 1 aliphatic rings. The molecule has 0 N–H and O–H groups in total. The molecule has 1 atom stereocenters. The highest BCUT2D eigenvalue weighted by atomic mass is 127. The van der Waals surface area contributed by atoms with E-state index < -0.39 is 0 Å². The zero-order valence-electron chi connectivity index (χ0n) is 5.58. The SMILES string of the molecule is CCN1N=CN(I)C1C. The third-order valence-corrected chi connectivity index (χ3v) is 2.48. The number of rotatable bonds is 1. The first-order chi connectivity index (χ1) is 4.25. The van der Waals surface area contributed by atoms with Gasteiger partial charge in [0.25, 0.3) is 0 Å². The lowest BCUT2D eigenvalue weighted by Gasteiger charge is -2.20. The number of hydrazone groups is 1. The zero-order chi connectivity index (χ0) is 6.85. The van der Waals surface area contributed by atoms with E-state index in [9.17, 15) is 0 Å².